The average Bonchev–Trinajstić information content (AvgIpc) is 2.69. The van der Waals surface area contributed by atoms with Crippen LogP contribution in [0.2, 0.25) is 0 Å². The SMILES string of the molecule is O=C(C(Cl)Cl)N1CCc2cc(S(=O)(=O)Cl)ccc21. The van der Waals surface area contributed by atoms with Crippen LogP contribution >= 0.6 is 33.9 Å². The summed E-state index contributed by atoms with van der Waals surface area (Å²) >= 11 is 11.1. The number of rotatable bonds is 2. The molecule has 0 aromatic heterocycles. The number of carbonyl (C=O) groups excluding carboxylic acids is 1. The molecule has 1 aromatic carbocycles. The highest BCUT2D eigenvalue weighted by molar-refractivity contribution is 8.13. The van der Waals surface area contributed by atoms with Gasteiger partial charge >= 0.3 is 0 Å². The molecule has 1 aliphatic heterocycles. The Bertz CT molecular complexity index is 600. The molecule has 0 atom stereocenters. The third-order valence-electron chi connectivity index (χ3n) is 2.68. The topological polar surface area (TPSA) is 54.5 Å². The van der Waals surface area contributed by atoms with Crippen molar-refractivity contribution in [3.05, 3.63) is 23.8 Å². The van der Waals surface area contributed by atoms with Crippen LogP contribution in [0.25, 0.3) is 0 Å². The first-order valence-electron chi connectivity index (χ1n) is 4.98. The molecule has 0 saturated heterocycles. The smallest absolute Gasteiger partial charge is 0.261 e. The van der Waals surface area contributed by atoms with Crippen LogP contribution in [0.4, 0.5) is 5.69 Å². The summed E-state index contributed by atoms with van der Waals surface area (Å²) in [6.07, 6.45) is 0.543. The molecule has 4 nitrogen and oxygen atoms in total. The minimum atomic E-state index is -3.76. The molecule has 0 spiro atoms. The first kappa shape index (κ1) is 13.9. The summed E-state index contributed by atoms with van der Waals surface area (Å²) in [7, 11) is 1.50. The zero-order valence-electron chi connectivity index (χ0n) is 8.94. The van der Waals surface area contributed by atoms with E-state index in [1.54, 1.807) is 0 Å². The predicted octanol–water partition coefficient (Wildman–Crippen LogP) is 2.31. The van der Waals surface area contributed by atoms with E-state index in [0.717, 1.165) is 5.56 Å². The number of carbonyl (C=O) groups is 1. The molecule has 0 radical (unpaired) electrons. The largest absolute Gasteiger partial charge is 0.309 e. The second kappa shape index (κ2) is 4.89. The average molecular weight is 329 g/mol. The lowest BCUT2D eigenvalue weighted by Crippen LogP contribution is -2.33. The van der Waals surface area contributed by atoms with Crippen molar-refractivity contribution in [2.45, 2.75) is 16.2 Å². The molecule has 98 valence electrons. The van der Waals surface area contributed by atoms with Gasteiger partial charge in [-0.25, -0.2) is 8.42 Å². The molecule has 0 N–H and O–H groups in total. The monoisotopic (exact) mass is 327 g/mol. The van der Waals surface area contributed by atoms with Crippen molar-refractivity contribution in [3.63, 3.8) is 0 Å². The normalized spacial score (nSPS) is 15.0. The van der Waals surface area contributed by atoms with E-state index >= 15 is 0 Å². The van der Waals surface area contributed by atoms with E-state index in [2.05, 4.69) is 0 Å². The molecule has 1 amide bonds. The van der Waals surface area contributed by atoms with Crippen LogP contribution in [-0.2, 0) is 20.3 Å². The van der Waals surface area contributed by atoms with Gasteiger partial charge in [-0.3, -0.25) is 4.79 Å². The number of anilines is 1. The van der Waals surface area contributed by atoms with Gasteiger partial charge in [0.15, 0.2) is 4.84 Å². The van der Waals surface area contributed by atoms with Gasteiger partial charge in [0.2, 0.25) is 0 Å². The summed E-state index contributed by atoms with van der Waals surface area (Å²) in [4.78, 5) is 12.0. The first-order chi connectivity index (χ1) is 8.30. The molecule has 0 unspecified atom stereocenters. The number of fused-ring (bicyclic) bond motifs is 1. The highest BCUT2D eigenvalue weighted by atomic mass is 35.7. The number of amides is 1. The third-order valence-corrected chi connectivity index (χ3v) is 4.41. The second-order valence-electron chi connectivity index (χ2n) is 3.77. The molecular weight excluding hydrogens is 321 g/mol. The lowest BCUT2D eigenvalue weighted by atomic mass is 10.2. The zero-order chi connectivity index (χ0) is 13.5. The van der Waals surface area contributed by atoms with Gasteiger partial charge in [0.25, 0.3) is 15.0 Å². The van der Waals surface area contributed by atoms with Crippen molar-refractivity contribution in [1.82, 2.24) is 0 Å². The lowest BCUT2D eigenvalue weighted by Gasteiger charge is -2.17. The van der Waals surface area contributed by atoms with Crippen molar-refractivity contribution in [1.29, 1.82) is 0 Å². The summed E-state index contributed by atoms with van der Waals surface area (Å²) in [6, 6.07) is 4.35. The lowest BCUT2D eigenvalue weighted by molar-refractivity contribution is -0.116. The number of nitrogens with zero attached hydrogens (tertiary/aromatic N) is 1. The predicted molar refractivity (Wildman–Crippen MR) is 71.0 cm³/mol. The fourth-order valence-corrected chi connectivity index (χ4v) is 2.91. The Hall–Kier alpha value is -0.490. The molecule has 2 rings (SSSR count). The highest BCUT2D eigenvalue weighted by Crippen LogP contribution is 2.32. The standard InChI is InChI=1S/C10H8Cl3NO3S/c11-9(12)10(15)14-4-3-6-5-7(18(13,16)17)1-2-8(6)14/h1-2,5,9H,3-4H2. The quantitative estimate of drug-likeness (QED) is 0.618. The van der Waals surface area contributed by atoms with Gasteiger partial charge in [0.05, 0.1) is 4.90 Å². The zero-order valence-corrected chi connectivity index (χ0v) is 12.0. The molecule has 0 saturated carbocycles. The Morgan fingerprint density at radius 1 is 1.33 bits per heavy atom. The highest BCUT2D eigenvalue weighted by Gasteiger charge is 2.29. The van der Waals surface area contributed by atoms with Gasteiger partial charge in [0.1, 0.15) is 0 Å². The van der Waals surface area contributed by atoms with E-state index < -0.39 is 19.8 Å². The van der Waals surface area contributed by atoms with Crippen LogP contribution in [-0.4, -0.2) is 25.7 Å². The maximum atomic E-state index is 11.7. The van der Waals surface area contributed by atoms with Crippen molar-refractivity contribution in [2.75, 3.05) is 11.4 Å². The van der Waals surface area contributed by atoms with Gasteiger partial charge in [-0.1, -0.05) is 23.2 Å². The number of benzene rings is 1. The van der Waals surface area contributed by atoms with Crippen molar-refractivity contribution < 1.29 is 13.2 Å². The molecule has 8 heteroatoms. The van der Waals surface area contributed by atoms with Crippen LogP contribution in [0.5, 0.6) is 0 Å². The second-order valence-corrected chi connectivity index (χ2v) is 7.43. The minimum Gasteiger partial charge on any atom is -0.309 e. The van der Waals surface area contributed by atoms with Crippen molar-refractivity contribution in [3.8, 4) is 0 Å². The molecule has 1 heterocycles. The first-order valence-corrected chi connectivity index (χ1v) is 8.16. The van der Waals surface area contributed by atoms with Crippen LogP contribution in [0.1, 0.15) is 5.56 Å². The Morgan fingerprint density at radius 3 is 2.56 bits per heavy atom. The molecule has 1 aliphatic rings. The Morgan fingerprint density at radius 2 is 2.00 bits per heavy atom. The van der Waals surface area contributed by atoms with Crippen LogP contribution in [0.3, 0.4) is 0 Å². The van der Waals surface area contributed by atoms with Crippen molar-refractivity contribution >= 4 is 54.5 Å². The number of hydrogen-bond donors (Lipinski definition) is 0. The van der Waals surface area contributed by atoms with E-state index in [9.17, 15) is 13.2 Å². The fraction of sp³-hybridized carbons (Fsp3) is 0.300. The summed E-state index contributed by atoms with van der Waals surface area (Å²) in [5.41, 5.74) is 1.36. The van der Waals surface area contributed by atoms with E-state index in [1.807, 2.05) is 0 Å². The van der Waals surface area contributed by atoms with Gasteiger partial charge in [-0.2, -0.15) is 0 Å². The maximum Gasteiger partial charge on any atom is 0.261 e. The molecule has 18 heavy (non-hydrogen) atoms. The Balaban J connectivity index is 2.40. The molecule has 0 aliphatic carbocycles. The van der Waals surface area contributed by atoms with E-state index in [-0.39, 0.29) is 4.90 Å². The molecule has 0 fully saturated rings. The molecular formula is C10H8Cl3NO3S. The summed E-state index contributed by atoms with van der Waals surface area (Å²) in [6.45, 7) is 0.426. The summed E-state index contributed by atoms with van der Waals surface area (Å²) < 4.78 is 22.4. The maximum absolute atomic E-state index is 11.7. The van der Waals surface area contributed by atoms with Gasteiger partial charge in [-0.15, -0.1) is 0 Å². The van der Waals surface area contributed by atoms with Crippen molar-refractivity contribution in [2.24, 2.45) is 0 Å². The van der Waals surface area contributed by atoms with E-state index in [1.165, 1.54) is 23.1 Å². The van der Waals surface area contributed by atoms with Crippen LogP contribution in [0.15, 0.2) is 23.1 Å². The van der Waals surface area contributed by atoms with Gasteiger partial charge < -0.3 is 4.90 Å². The van der Waals surface area contributed by atoms with Crippen LogP contribution < -0.4 is 4.90 Å². The molecule has 0 bridgehead atoms. The minimum absolute atomic E-state index is 0.0190. The fourth-order valence-electron chi connectivity index (χ4n) is 1.88. The molecule has 1 aromatic rings. The summed E-state index contributed by atoms with van der Waals surface area (Å²) in [5.74, 6) is -0.418. The number of alkyl halides is 2. The third kappa shape index (κ3) is 2.59. The van der Waals surface area contributed by atoms with E-state index in [0.29, 0.717) is 18.7 Å². The van der Waals surface area contributed by atoms with E-state index in [4.69, 9.17) is 33.9 Å². The number of hydrogen-bond acceptors (Lipinski definition) is 3. The van der Waals surface area contributed by atoms with Gasteiger partial charge in [-0.05, 0) is 30.2 Å². The van der Waals surface area contributed by atoms with Gasteiger partial charge in [0, 0.05) is 22.9 Å². The number of halogens is 3. The Kier molecular flexibility index (Phi) is 3.78. The Labute approximate surface area is 119 Å². The summed E-state index contributed by atoms with van der Waals surface area (Å²) in [5, 5.41) is 0. The van der Waals surface area contributed by atoms with Crippen LogP contribution in [0, 0.1) is 0 Å².